The summed E-state index contributed by atoms with van der Waals surface area (Å²) < 4.78 is 0. The molecule has 1 aromatic carbocycles. The number of likely N-dealkylation sites (tertiary alicyclic amines) is 1. The van der Waals surface area contributed by atoms with Crippen LogP contribution in [0.5, 0.6) is 0 Å². The number of non-ortho nitro benzene ring substituents is 1. The third-order valence-electron chi connectivity index (χ3n) is 4.47. The van der Waals surface area contributed by atoms with E-state index in [1.807, 2.05) is 4.90 Å². The Kier molecular flexibility index (Phi) is 6.54. The topological polar surface area (TPSA) is 95.7 Å². The molecular formula is C17H25N3O4. The maximum atomic E-state index is 12.2. The molecule has 132 valence electrons. The zero-order chi connectivity index (χ0) is 17.5. The molecule has 1 aromatic rings. The summed E-state index contributed by atoms with van der Waals surface area (Å²) in [6, 6.07) is 6.24. The second-order valence-corrected chi connectivity index (χ2v) is 6.32. The number of carbonyl (C=O) groups excluding carboxylic acids is 1. The highest BCUT2D eigenvalue weighted by Crippen LogP contribution is 2.20. The van der Waals surface area contributed by atoms with Gasteiger partial charge in [-0.1, -0.05) is 0 Å². The number of amides is 1. The third-order valence-corrected chi connectivity index (χ3v) is 4.47. The van der Waals surface area contributed by atoms with Gasteiger partial charge in [0, 0.05) is 49.8 Å². The number of nitrogens with one attached hydrogen (secondary N) is 1. The summed E-state index contributed by atoms with van der Waals surface area (Å²) >= 11 is 0. The van der Waals surface area contributed by atoms with Crippen LogP contribution in [0.15, 0.2) is 24.3 Å². The highest BCUT2D eigenvalue weighted by Gasteiger charge is 2.25. The van der Waals surface area contributed by atoms with Crippen molar-refractivity contribution in [1.29, 1.82) is 0 Å². The van der Waals surface area contributed by atoms with E-state index in [-0.39, 0.29) is 23.6 Å². The second-order valence-electron chi connectivity index (χ2n) is 6.32. The molecule has 1 saturated heterocycles. The molecule has 2 N–H and O–H groups in total. The molecule has 7 nitrogen and oxygen atoms in total. The SMILES string of the molecule is CC(O)C1CCCN(C(=O)CCCNc2ccc([N+](=O)[O-])cc2)C1. The Balaban J connectivity index is 1.70. The maximum Gasteiger partial charge on any atom is 0.269 e. The Morgan fingerprint density at radius 2 is 2.17 bits per heavy atom. The normalized spacial score (nSPS) is 18.9. The van der Waals surface area contributed by atoms with Gasteiger partial charge in [0.1, 0.15) is 0 Å². The number of aliphatic hydroxyl groups is 1. The minimum atomic E-state index is -0.429. The van der Waals surface area contributed by atoms with E-state index in [1.165, 1.54) is 12.1 Å². The average Bonchev–Trinajstić information content (AvgIpc) is 2.59. The molecule has 7 heteroatoms. The molecule has 2 unspecified atom stereocenters. The van der Waals surface area contributed by atoms with Crippen LogP contribution in [0, 0.1) is 16.0 Å². The van der Waals surface area contributed by atoms with Crippen LogP contribution in [0.4, 0.5) is 11.4 Å². The molecular weight excluding hydrogens is 310 g/mol. The van der Waals surface area contributed by atoms with Gasteiger partial charge in [0.2, 0.25) is 5.91 Å². The predicted octanol–water partition coefficient (Wildman–Crippen LogP) is 2.41. The molecule has 2 rings (SSSR count). The van der Waals surface area contributed by atoms with Crippen molar-refractivity contribution in [3.8, 4) is 0 Å². The van der Waals surface area contributed by atoms with E-state index >= 15 is 0 Å². The molecule has 0 spiro atoms. The Morgan fingerprint density at radius 1 is 1.46 bits per heavy atom. The Labute approximate surface area is 141 Å². The van der Waals surface area contributed by atoms with E-state index in [2.05, 4.69) is 5.32 Å². The number of piperidine rings is 1. The summed E-state index contributed by atoms with van der Waals surface area (Å²) in [4.78, 5) is 24.3. The lowest BCUT2D eigenvalue weighted by Gasteiger charge is -2.34. The molecule has 0 aliphatic carbocycles. The van der Waals surface area contributed by atoms with Gasteiger partial charge >= 0.3 is 0 Å². The average molecular weight is 335 g/mol. The lowest BCUT2D eigenvalue weighted by atomic mass is 9.93. The van der Waals surface area contributed by atoms with Crippen molar-refractivity contribution < 1.29 is 14.8 Å². The zero-order valence-electron chi connectivity index (χ0n) is 14.0. The predicted molar refractivity (Wildman–Crippen MR) is 91.8 cm³/mol. The van der Waals surface area contributed by atoms with Crippen LogP contribution in [0.1, 0.15) is 32.6 Å². The van der Waals surface area contributed by atoms with Crippen molar-refractivity contribution >= 4 is 17.3 Å². The lowest BCUT2D eigenvalue weighted by Crippen LogP contribution is -2.42. The number of aliphatic hydroxyl groups excluding tert-OH is 1. The van der Waals surface area contributed by atoms with Crippen molar-refractivity contribution in [3.63, 3.8) is 0 Å². The number of hydrogen-bond acceptors (Lipinski definition) is 5. The third kappa shape index (κ3) is 5.19. The number of rotatable bonds is 7. The molecule has 1 heterocycles. The van der Waals surface area contributed by atoms with Gasteiger partial charge in [0.15, 0.2) is 0 Å². The first-order chi connectivity index (χ1) is 11.5. The molecule has 0 radical (unpaired) electrons. The van der Waals surface area contributed by atoms with Crippen LogP contribution < -0.4 is 5.32 Å². The van der Waals surface area contributed by atoms with E-state index in [0.717, 1.165) is 25.1 Å². The van der Waals surface area contributed by atoms with Crippen molar-refractivity contribution in [3.05, 3.63) is 34.4 Å². The highest BCUT2D eigenvalue weighted by atomic mass is 16.6. The van der Waals surface area contributed by atoms with Crippen molar-refractivity contribution in [2.24, 2.45) is 5.92 Å². The molecule has 1 fully saturated rings. The van der Waals surface area contributed by atoms with E-state index in [0.29, 0.717) is 25.9 Å². The fourth-order valence-electron chi connectivity index (χ4n) is 2.96. The molecule has 1 amide bonds. The quantitative estimate of drug-likeness (QED) is 0.453. The Bertz CT molecular complexity index is 559. The first kappa shape index (κ1) is 18.2. The summed E-state index contributed by atoms with van der Waals surface area (Å²) in [6.07, 6.45) is 2.72. The van der Waals surface area contributed by atoms with Crippen LogP contribution in [-0.2, 0) is 4.79 Å². The van der Waals surface area contributed by atoms with Gasteiger partial charge in [0.05, 0.1) is 11.0 Å². The maximum absolute atomic E-state index is 12.2. The first-order valence-electron chi connectivity index (χ1n) is 8.41. The molecule has 24 heavy (non-hydrogen) atoms. The number of nitro benzene ring substituents is 1. The largest absolute Gasteiger partial charge is 0.393 e. The fourth-order valence-corrected chi connectivity index (χ4v) is 2.96. The Morgan fingerprint density at radius 3 is 2.79 bits per heavy atom. The summed E-state index contributed by atoms with van der Waals surface area (Å²) in [5, 5.41) is 23.4. The summed E-state index contributed by atoms with van der Waals surface area (Å²) in [5.74, 6) is 0.312. The van der Waals surface area contributed by atoms with Gasteiger partial charge < -0.3 is 15.3 Å². The van der Waals surface area contributed by atoms with Crippen LogP contribution >= 0.6 is 0 Å². The zero-order valence-corrected chi connectivity index (χ0v) is 14.0. The number of hydrogen-bond donors (Lipinski definition) is 2. The van der Waals surface area contributed by atoms with E-state index in [9.17, 15) is 20.0 Å². The number of carbonyl (C=O) groups is 1. The second kappa shape index (κ2) is 8.63. The number of nitrogens with zero attached hydrogens (tertiary/aromatic N) is 2. The Hall–Kier alpha value is -2.15. The molecule has 1 aliphatic heterocycles. The van der Waals surface area contributed by atoms with E-state index in [4.69, 9.17) is 0 Å². The number of nitro groups is 1. The fraction of sp³-hybridized carbons (Fsp3) is 0.588. The monoisotopic (exact) mass is 335 g/mol. The van der Waals surface area contributed by atoms with Crippen LogP contribution in [0.25, 0.3) is 0 Å². The van der Waals surface area contributed by atoms with Crippen LogP contribution in [-0.4, -0.2) is 46.6 Å². The van der Waals surface area contributed by atoms with Gasteiger partial charge in [-0.25, -0.2) is 0 Å². The van der Waals surface area contributed by atoms with Crippen molar-refractivity contribution in [1.82, 2.24) is 4.90 Å². The van der Waals surface area contributed by atoms with Crippen LogP contribution in [0.3, 0.4) is 0 Å². The molecule has 0 saturated carbocycles. The van der Waals surface area contributed by atoms with E-state index < -0.39 is 4.92 Å². The van der Waals surface area contributed by atoms with Gasteiger partial charge in [-0.2, -0.15) is 0 Å². The molecule has 1 aliphatic rings. The summed E-state index contributed by atoms with van der Waals surface area (Å²) in [7, 11) is 0. The summed E-state index contributed by atoms with van der Waals surface area (Å²) in [5.41, 5.74) is 0.869. The van der Waals surface area contributed by atoms with Gasteiger partial charge in [-0.05, 0) is 38.3 Å². The molecule has 2 atom stereocenters. The number of anilines is 1. The minimum absolute atomic E-state index is 0.0634. The minimum Gasteiger partial charge on any atom is -0.393 e. The van der Waals surface area contributed by atoms with Gasteiger partial charge in [0.25, 0.3) is 5.69 Å². The molecule has 0 bridgehead atoms. The van der Waals surface area contributed by atoms with Crippen molar-refractivity contribution in [2.75, 3.05) is 25.0 Å². The standard InChI is InChI=1S/C17H25N3O4/c1-13(21)14-4-3-11-19(12-14)17(22)5-2-10-18-15-6-8-16(9-7-15)20(23)24/h6-9,13-14,18,21H,2-5,10-12H2,1H3. The van der Waals surface area contributed by atoms with E-state index in [1.54, 1.807) is 19.1 Å². The van der Waals surface area contributed by atoms with Gasteiger partial charge in [-0.3, -0.25) is 14.9 Å². The van der Waals surface area contributed by atoms with Crippen LogP contribution in [0.2, 0.25) is 0 Å². The van der Waals surface area contributed by atoms with Crippen molar-refractivity contribution in [2.45, 2.75) is 38.7 Å². The first-order valence-corrected chi connectivity index (χ1v) is 8.41. The lowest BCUT2D eigenvalue weighted by molar-refractivity contribution is -0.384. The smallest absolute Gasteiger partial charge is 0.269 e. The molecule has 0 aromatic heterocycles. The summed E-state index contributed by atoms with van der Waals surface area (Å²) in [6.45, 7) is 3.84. The van der Waals surface area contributed by atoms with Gasteiger partial charge in [-0.15, -0.1) is 0 Å². The highest BCUT2D eigenvalue weighted by molar-refractivity contribution is 5.76. The number of benzene rings is 1.